The average Bonchev–Trinajstić information content (AvgIpc) is 2.74. The van der Waals surface area contributed by atoms with Gasteiger partial charge in [-0.1, -0.05) is 13.8 Å². The average molecular weight is 509 g/mol. The molecule has 2 rings (SSSR count). The SMILES string of the molecule is CCCOC(=O)c1cc(C(=O)OCCC)cc(S(=O)(=O)Oc2ccc[c]([Na])c2S(=O)(=O)O)c1. The summed E-state index contributed by atoms with van der Waals surface area (Å²) < 4.78 is 74.2. The predicted molar refractivity (Wildman–Crippen MR) is 117 cm³/mol. The summed E-state index contributed by atoms with van der Waals surface area (Å²) in [6, 6.07) is 6.87. The van der Waals surface area contributed by atoms with Gasteiger partial charge in [0.15, 0.2) is 0 Å². The maximum absolute atomic E-state index is 13.0. The first kappa shape index (κ1) is 27.3. The van der Waals surface area contributed by atoms with Crippen LogP contribution in [0.4, 0.5) is 0 Å². The van der Waals surface area contributed by atoms with Gasteiger partial charge in [-0.05, 0) is 0 Å². The Balaban J connectivity index is 2.58. The van der Waals surface area contributed by atoms with Gasteiger partial charge in [0.1, 0.15) is 0 Å². The van der Waals surface area contributed by atoms with E-state index < -0.39 is 47.7 Å². The van der Waals surface area contributed by atoms with E-state index in [9.17, 15) is 31.0 Å². The Kier molecular flexibility index (Phi) is 9.47. The maximum atomic E-state index is 13.0. The van der Waals surface area contributed by atoms with E-state index in [1.165, 1.54) is 12.1 Å². The zero-order valence-corrected chi connectivity index (χ0v) is 21.9. The third-order valence-corrected chi connectivity index (χ3v) is 7.62. The van der Waals surface area contributed by atoms with Gasteiger partial charge in [0, 0.05) is 0 Å². The molecule has 0 aliphatic heterocycles. The first-order valence-electron chi connectivity index (χ1n) is 9.91. The fourth-order valence-electron chi connectivity index (χ4n) is 2.72. The molecule has 0 aromatic heterocycles. The predicted octanol–water partition coefficient (Wildman–Crippen LogP) is 1.63. The van der Waals surface area contributed by atoms with Crippen LogP contribution in [0.2, 0.25) is 0 Å². The van der Waals surface area contributed by atoms with Gasteiger partial charge in [-0.25, -0.2) is 0 Å². The second kappa shape index (κ2) is 11.4. The molecule has 0 heterocycles. The van der Waals surface area contributed by atoms with Crippen molar-refractivity contribution in [1.29, 1.82) is 0 Å². The second-order valence-corrected chi connectivity index (χ2v) is 10.9. The van der Waals surface area contributed by atoms with E-state index in [0.29, 0.717) is 12.8 Å². The molecule has 0 amide bonds. The molecule has 0 saturated carbocycles. The van der Waals surface area contributed by atoms with Crippen LogP contribution < -0.4 is 7.00 Å². The standard InChI is InChI=1S/C20H21O10S2.Na/c1-3-9-28-19(21)14-11-15(20(22)29-10-4-2)13-16(12-14)32(26,27)30-17-7-5-6-8-18(17)31(23,24)25;/h5-7,11-13H,3-4,9-10H2,1-2H3,(H,23,24,25);. The molecule has 2 aromatic rings. The van der Waals surface area contributed by atoms with E-state index in [-0.39, 0.29) is 55.1 Å². The van der Waals surface area contributed by atoms with Crippen LogP contribution in [0.15, 0.2) is 46.2 Å². The van der Waals surface area contributed by atoms with Crippen LogP contribution in [-0.2, 0) is 29.7 Å². The molecule has 0 fully saturated rings. The van der Waals surface area contributed by atoms with E-state index in [1.54, 1.807) is 13.8 Å². The van der Waals surface area contributed by atoms with Crippen molar-refractivity contribution in [3.63, 3.8) is 0 Å². The van der Waals surface area contributed by atoms with Gasteiger partial charge in [0.25, 0.3) is 0 Å². The minimum atomic E-state index is -4.79. The van der Waals surface area contributed by atoms with E-state index in [0.717, 1.165) is 24.3 Å². The van der Waals surface area contributed by atoms with Crippen molar-refractivity contribution in [2.75, 3.05) is 13.2 Å². The Morgan fingerprint density at radius 3 is 1.88 bits per heavy atom. The number of benzene rings is 2. The van der Waals surface area contributed by atoms with Gasteiger partial charge < -0.3 is 0 Å². The molecule has 0 saturated heterocycles. The molecular formula is C20H21NaO10S2. The number of esters is 2. The first-order chi connectivity index (χ1) is 15.4. The Morgan fingerprint density at radius 1 is 0.909 bits per heavy atom. The Labute approximate surface area is 209 Å². The van der Waals surface area contributed by atoms with Crippen LogP contribution in [0.1, 0.15) is 47.4 Å². The van der Waals surface area contributed by atoms with E-state index >= 15 is 0 Å². The molecule has 1 N–H and O–H groups in total. The molecule has 2 aromatic carbocycles. The van der Waals surface area contributed by atoms with Crippen molar-refractivity contribution >= 4 is 62.9 Å². The third kappa shape index (κ3) is 7.26. The fourth-order valence-corrected chi connectivity index (χ4v) is 5.84. The normalized spacial score (nSPS) is 11.7. The van der Waals surface area contributed by atoms with Crippen LogP contribution in [0.5, 0.6) is 5.75 Å². The van der Waals surface area contributed by atoms with Gasteiger partial charge in [0.05, 0.1) is 0 Å². The summed E-state index contributed by atoms with van der Waals surface area (Å²) in [5.41, 5.74) is -0.466. The van der Waals surface area contributed by atoms with Crippen molar-refractivity contribution in [2.45, 2.75) is 36.5 Å². The molecule has 0 bridgehead atoms. The Bertz CT molecular complexity index is 1220. The topological polar surface area (TPSA) is 150 Å². The zero-order valence-electron chi connectivity index (χ0n) is 18.2. The monoisotopic (exact) mass is 508 g/mol. The summed E-state index contributed by atoms with van der Waals surface area (Å²) in [5.74, 6) is -2.34. The van der Waals surface area contributed by atoms with Gasteiger partial charge in [0.2, 0.25) is 0 Å². The Morgan fingerprint density at radius 2 is 1.42 bits per heavy atom. The van der Waals surface area contributed by atoms with Crippen molar-refractivity contribution in [3.8, 4) is 5.75 Å². The zero-order chi connectivity index (χ0) is 24.8. The van der Waals surface area contributed by atoms with E-state index in [4.69, 9.17) is 13.7 Å². The molecule has 10 nitrogen and oxygen atoms in total. The van der Waals surface area contributed by atoms with Crippen LogP contribution in [-0.4, -0.2) is 74.5 Å². The molecule has 0 spiro atoms. The summed E-state index contributed by atoms with van der Waals surface area (Å²) in [4.78, 5) is 23.4. The fraction of sp³-hybridized carbons (Fsp3) is 0.300. The summed E-state index contributed by atoms with van der Waals surface area (Å²) in [7, 11) is -9.53. The summed E-state index contributed by atoms with van der Waals surface area (Å²) in [6.07, 6.45) is 1.04. The number of hydrogen-bond donors (Lipinski definition) is 1. The number of carbonyl (C=O) groups is 2. The number of hydrogen-bond acceptors (Lipinski definition) is 9. The molecule has 0 atom stereocenters. The minimum absolute atomic E-state index is 0.0762. The van der Waals surface area contributed by atoms with Gasteiger partial charge in [-0.15, -0.1) is 0 Å². The molecular weight excluding hydrogens is 487 g/mol. The van der Waals surface area contributed by atoms with Crippen molar-refractivity contribution in [3.05, 3.63) is 47.5 Å². The number of carbonyl (C=O) groups excluding carboxylic acids is 2. The quantitative estimate of drug-likeness (QED) is 0.217. The molecule has 0 aliphatic rings. The van der Waals surface area contributed by atoms with Gasteiger partial charge in [-0.2, -0.15) is 0 Å². The van der Waals surface area contributed by atoms with E-state index in [1.807, 2.05) is 0 Å². The van der Waals surface area contributed by atoms with Gasteiger partial charge >= 0.3 is 197 Å². The van der Waals surface area contributed by atoms with Crippen LogP contribution in [0, 0.1) is 0 Å². The molecule has 0 aliphatic carbocycles. The second-order valence-electron chi connectivity index (χ2n) is 6.93. The van der Waals surface area contributed by atoms with Crippen molar-refractivity contribution < 1.29 is 44.6 Å². The first-order valence-corrected chi connectivity index (χ1v) is 13.8. The van der Waals surface area contributed by atoms with Crippen molar-refractivity contribution in [1.82, 2.24) is 0 Å². The van der Waals surface area contributed by atoms with E-state index in [2.05, 4.69) is 0 Å². The Hall–Kier alpha value is -1.96. The van der Waals surface area contributed by atoms with Crippen LogP contribution in [0.25, 0.3) is 0 Å². The van der Waals surface area contributed by atoms with Crippen LogP contribution in [0.3, 0.4) is 0 Å². The third-order valence-electron chi connectivity index (χ3n) is 4.17. The molecule has 0 radical (unpaired) electrons. The number of ether oxygens (including phenoxy) is 2. The van der Waals surface area contributed by atoms with Gasteiger partial charge in [-0.3, -0.25) is 0 Å². The molecule has 0 unspecified atom stereocenters. The van der Waals surface area contributed by atoms with Crippen molar-refractivity contribution in [2.24, 2.45) is 0 Å². The molecule has 174 valence electrons. The molecule has 33 heavy (non-hydrogen) atoms. The summed E-state index contributed by atoms with van der Waals surface area (Å²) >= 11 is 0.173. The summed E-state index contributed by atoms with van der Waals surface area (Å²) in [5, 5.41) is 0. The summed E-state index contributed by atoms with van der Waals surface area (Å²) in [6.45, 7) is 3.69. The van der Waals surface area contributed by atoms with Crippen LogP contribution >= 0.6 is 0 Å². The number of rotatable bonds is 10. The molecule has 13 heteroatoms.